The summed E-state index contributed by atoms with van der Waals surface area (Å²) in [4.78, 5) is 31.0. The smallest absolute Gasteiger partial charge is 0.279 e. The summed E-state index contributed by atoms with van der Waals surface area (Å²) in [5.74, 6) is 0. The summed E-state index contributed by atoms with van der Waals surface area (Å²) in [5, 5.41) is 8.66. The molecular formula is C9H7N5O2. The SMILES string of the molecule is Cn1c(=O)c2ncc(C#N)nc2n(C)c1=O. The number of nitrogens with zero attached hydrogens (tertiary/aromatic N) is 5. The van der Waals surface area contributed by atoms with E-state index in [1.54, 1.807) is 6.07 Å². The third-order valence-corrected chi connectivity index (χ3v) is 2.27. The van der Waals surface area contributed by atoms with E-state index in [9.17, 15) is 9.59 Å². The first kappa shape index (κ1) is 10.0. The van der Waals surface area contributed by atoms with E-state index >= 15 is 0 Å². The van der Waals surface area contributed by atoms with Crippen molar-refractivity contribution in [3.05, 3.63) is 32.7 Å². The highest BCUT2D eigenvalue weighted by Gasteiger charge is 2.11. The summed E-state index contributed by atoms with van der Waals surface area (Å²) in [6, 6.07) is 1.80. The van der Waals surface area contributed by atoms with Gasteiger partial charge in [0.15, 0.2) is 16.9 Å². The lowest BCUT2D eigenvalue weighted by molar-refractivity contribution is 0.704. The van der Waals surface area contributed by atoms with Gasteiger partial charge in [-0.05, 0) is 0 Å². The molecule has 2 rings (SSSR count). The van der Waals surface area contributed by atoms with E-state index in [1.165, 1.54) is 24.9 Å². The number of aryl methyl sites for hydroxylation is 1. The van der Waals surface area contributed by atoms with E-state index < -0.39 is 11.2 Å². The predicted molar refractivity (Wildman–Crippen MR) is 54.7 cm³/mol. The summed E-state index contributed by atoms with van der Waals surface area (Å²) in [6.45, 7) is 0. The highest BCUT2D eigenvalue weighted by atomic mass is 16.2. The van der Waals surface area contributed by atoms with Crippen LogP contribution in [0.5, 0.6) is 0 Å². The van der Waals surface area contributed by atoms with Crippen LogP contribution in [0.1, 0.15) is 5.69 Å². The van der Waals surface area contributed by atoms with Crippen molar-refractivity contribution in [3.63, 3.8) is 0 Å². The van der Waals surface area contributed by atoms with E-state index in [4.69, 9.17) is 5.26 Å². The Morgan fingerprint density at radius 1 is 1.31 bits per heavy atom. The van der Waals surface area contributed by atoms with Crippen LogP contribution in [0, 0.1) is 11.3 Å². The summed E-state index contributed by atoms with van der Waals surface area (Å²) in [5.41, 5.74) is -0.761. The molecule has 0 radical (unpaired) electrons. The van der Waals surface area contributed by atoms with Gasteiger partial charge in [-0.15, -0.1) is 0 Å². The highest BCUT2D eigenvalue weighted by Crippen LogP contribution is 2.00. The third kappa shape index (κ3) is 1.20. The molecule has 7 heteroatoms. The van der Waals surface area contributed by atoms with Gasteiger partial charge in [-0.1, -0.05) is 0 Å². The van der Waals surface area contributed by atoms with Crippen molar-refractivity contribution in [2.24, 2.45) is 14.1 Å². The standard InChI is InChI=1S/C9H7N5O2/c1-13-7-6(8(15)14(2)9(13)16)11-4-5(3-10)12-7/h4H,1-2H3. The predicted octanol–water partition coefficient (Wildman–Crippen LogP) is -1.10. The van der Waals surface area contributed by atoms with Gasteiger partial charge in [0, 0.05) is 14.1 Å². The molecule has 0 atom stereocenters. The number of aromatic nitrogens is 4. The Hall–Kier alpha value is -2.49. The monoisotopic (exact) mass is 217 g/mol. The Morgan fingerprint density at radius 3 is 2.62 bits per heavy atom. The largest absolute Gasteiger partial charge is 0.332 e. The third-order valence-electron chi connectivity index (χ3n) is 2.27. The van der Waals surface area contributed by atoms with E-state index in [1.807, 2.05) is 0 Å². The zero-order valence-electron chi connectivity index (χ0n) is 8.63. The minimum atomic E-state index is -0.518. The molecule has 16 heavy (non-hydrogen) atoms. The van der Waals surface area contributed by atoms with E-state index in [0.29, 0.717) is 0 Å². The molecule has 0 aliphatic carbocycles. The van der Waals surface area contributed by atoms with Gasteiger partial charge in [0.1, 0.15) is 6.07 Å². The normalized spacial score (nSPS) is 10.3. The van der Waals surface area contributed by atoms with Gasteiger partial charge < -0.3 is 0 Å². The summed E-state index contributed by atoms with van der Waals surface area (Å²) < 4.78 is 2.13. The van der Waals surface area contributed by atoms with E-state index in [-0.39, 0.29) is 16.9 Å². The Morgan fingerprint density at radius 2 is 2.00 bits per heavy atom. The van der Waals surface area contributed by atoms with Crippen molar-refractivity contribution >= 4 is 11.2 Å². The minimum absolute atomic E-state index is 0.0655. The minimum Gasteiger partial charge on any atom is -0.279 e. The van der Waals surface area contributed by atoms with Crippen LogP contribution in [0.4, 0.5) is 0 Å². The number of hydrogen-bond donors (Lipinski definition) is 0. The molecule has 0 spiro atoms. The first-order valence-electron chi connectivity index (χ1n) is 4.39. The molecule has 0 fully saturated rings. The van der Waals surface area contributed by atoms with Gasteiger partial charge in [-0.25, -0.2) is 14.8 Å². The van der Waals surface area contributed by atoms with Crippen molar-refractivity contribution in [2.45, 2.75) is 0 Å². The second kappa shape index (κ2) is 3.27. The van der Waals surface area contributed by atoms with Gasteiger partial charge in [-0.2, -0.15) is 5.26 Å². The Balaban J connectivity index is 3.11. The van der Waals surface area contributed by atoms with Gasteiger partial charge in [0.25, 0.3) is 5.56 Å². The molecule has 0 aromatic carbocycles. The molecule has 0 saturated carbocycles. The number of hydrogen-bond acceptors (Lipinski definition) is 5. The van der Waals surface area contributed by atoms with Gasteiger partial charge in [0.2, 0.25) is 0 Å². The fourth-order valence-electron chi connectivity index (χ4n) is 1.38. The topological polar surface area (TPSA) is 93.6 Å². The summed E-state index contributed by atoms with van der Waals surface area (Å²) in [7, 11) is 2.84. The summed E-state index contributed by atoms with van der Waals surface area (Å²) >= 11 is 0. The van der Waals surface area contributed by atoms with Crippen LogP contribution in [-0.4, -0.2) is 19.1 Å². The van der Waals surface area contributed by atoms with Crippen LogP contribution < -0.4 is 11.2 Å². The number of fused-ring (bicyclic) bond motifs is 1. The fraction of sp³-hybridized carbons (Fsp3) is 0.222. The number of nitriles is 1. The van der Waals surface area contributed by atoms with E-state index in [2.05, 4.69) is 9.97 Å². The van der Waals surface area contributed by atoms with Crippen molar-refractivity contribution in [1.82, 2.24) is 19.1 Å². The maximum absolute atomic E-state index is 11.7. The maximum Gasteiger partial charge on any atom is 0.332 e. The molecule has 7 nitrogen and oxygen atoms in total. The van der Waals surface area contributed by atoms with Crippen LogP contribution in [0.2, 0.25) is 0 Å². The van der Waals surface area contributed by atoms with E-state index in [0.717, 1.165) is 4.57 Å². The van der Waals surface area contributed by atoms with Crippen LogP contribution >= 0.6 is 0 Å². The zero-order valence-corrected chi connectivity index (χ0v) is 8.63. The van der Waals surface area contributed by atoms with Crippen LogP contribution in [0.15, 0.2) is 15.8 Å². The van der Waals surface area contributed by atoms with Gasteiger partial charge >= 0.3 is 5.69 Å². The maximum atomic E-state index is 11.7. The Labute approximate surface area is 89.2 Å². The first-order valence-corrected chi connectivity index (χ1v) is 4.39. The lowest BCUT2D eigenvalue weighted by atomic mass is 10.4. The lowest BCUT2D eigenvalue weighted by Gasteiger charge is -2.04. The quantitative estimate of drug-likeness (QED) is 0.558. The fourth-order valence-corrected chi connectivity index (χ4v) is 1.38. The van der Waals surface area contributed by atoms with Gasteiger partial charge in [-0.3, -0.25) is 13.9 Å². The molecule has 0 unspecified atom stereocenters. The lowest BCUT2D eigenvalue weighted by Crippen LogP contribution is -2.37. The van der Waals surface area contributed by atoms with Crippen molar-refractivity contribution < 1.29 is 0 Å². The second-order valence-corrected chi connectivity index (χ2v) is 3.25. The zero-order chi connectivity index (χ0) is 11.9. The molecule has 2 aromatic rings. The molecular weight excluding hydrogens is 210 g/mol. The van der Waals surface area contributed by atoms with Crippen LogP contribution in [0.25, 0.3) is 11.2 Å². The molecule has 0 aliphatic heterocycles. The molecule has 2 aromatic heterocycles. The molecule has 0 saturated heterocycles. The second-order valence-electron chi connectivity index (χ2n) is 3.25. The molecule has 0 amide bonds. The Kier molecular flexibility index (Phi) is 2.05. The molecule has 0 bridgehead atoms. The van der Waals surface area contributed by atoms with Gasteiger partial charge in [0.05, 0.1) is 6.20 Å². The van der Waals surface area contributed by atoms with Crippen molar-refractivity contribution in [2.75, 3.05) is 0 Å². The van der Waals surface area contributed by atoms with Crippen molar-refractivity contribution in [3.8, 4) is 6.07 Å². The van der Waals surface area contributed by atoms with Crippen LogP contribution in [0.3, 0.4) is 0 Å². The number of rotatable bonds is 0. The summed E-state index contributed by atoms with van der Waals surface area (Å²) in [6.07, 6.45) is 1.20. The molecule has 0 aliphatic rings. The van der Waals surface area contributed by atoms with Crippen LogP contribution in [-0.2, 0) is 14.1 Å². The average Bonchev–Trinajstić information content (AvgIpc) is 2.33. The average molecular weight is 217 g/mol. The first-order chi connectivity index (χ1) is 7.56. The van der Waals surface area contributed by atoms with Crippen molar-refractivity contribution in [1.29, 1.82) is 5.26 Å². The Bertz CT molecular complexity index is 734. The molecule has 2 heterocycles. The molecule has 0 N–H and O–H groups in total. The highest BCUT2D eigenvalue weighted by molar-refractivity contribution is 5.68. The molecule has 80 valence electrons.